The Bertz CT molecular complexity index is 899. The van der Waals surface area contributed by atoms with Crippen LogP contribution in [0.3, 0.4) is 0 Å². The van der Waals surface area contributed by atoms with Crippen LogP contribution >= 0.6 is 11.3 Å². The number of nitrogens with zero attached hydrogens (tertiary/aromatic N) is 1. The molecule has 0 saturated carbocycles. The van der Waals surface area contributed by atoms with Gasteiger partial charge in [-0.05, 0) is 29.0 Å². The number of anilines is 1. The van der Waals surface area contributed by atoms with Crippen LogP contribution in [0.4, 0.5) is 5.69 Å². The molecule has 1 amide bonds. The average Bonchev–Trinajstić information content (AvgIpc) is 3.01. The fourth-order valence-corrected chi connectivity index (χ4v) is 4.06. The molecule has 2 heterocycles. The molecule has 0 aliphatic carbocycles. The van der Waals surface area contributed by atoms with Crippen molar-refractivity contribution < 1.29 is 4.79 Å². The first-order valence-electron chi connectivity index (χ1n) is 7.53. The second-order valence-corrected chi connectivity index (χ2v) is 6.44. The molecule has 1 N–H and O–H groups in total. The van der Waals surface area contributed by atoms with Gasteiger partial charge in [-0.2, -0.15) is 0 Å². The van der Waals surface area contributed by atoms with Crippen LogP contribution in [-0.4, -0.2) is 17.4 Å². The van der Waals surface area contributed by atoms with Crippen molar-refractivity contribution in [3.63, 3.8) is 0 Å². The third kappa shape index (κ3) is 2.23. The quantitative estimate of drug-likeness (QED) is 0.712. The molecule has 0 fully saturated rings. The van der Waals surface area contributed by atoms with Crippen LogP contribution in [-0.2, 0) is 0 Å². The van der Waals surface area contributed by atoms with E-state index in [0.717, 1.165) is 11.3 Å². The van der Waals surface area contributed by atoms with Gasteiger partial charge < -0.3 is 10.2 Å². The smallest absolute Gasteiger partial charge is 0.258 e. The lowest BCUT2D eigenvalue weighted by Gasteiger charge is -2.37. The summed E-state index contributed by atoms with van der Waals surface area (Å²) in [5, 5.41) is 6.85. The van der Waals surface area contributed by atoms with E-state index in [0.29, 0.717) is 12.1 Å². The summed E-state index contributed by atoms with van der Waals surface area (Å²) < 4.78 is 1.23. The zero-order valence-corrected chi connectivity index (χ0v) is 13.3. The Hall–Kier alpha value is -2.59. The van der Waals surface area contributed by atoms with Gasteiger partial charge in [0.2, 0.25) is 0 Å². The standard InChI is InChI=1S/C19H16N2OS/c1-2-11-21-18(15-12-23-17-10-6-4-7-13(15)17)20-16-9-5-3-8-14(16)19(21)22/h2-10,12,18,20H,1,11H2/t18-/m0/s1. The van der Waals surface area contributed by atoms with E-state index in [1.54, 1.807) is 17.4 Å². The van der Waals surface area contributed by atoms with Gasteiger partial charge >= 0.3 is 0 Å². The maximum atomic E-state index is 12.9. The topological polar surface area (TPSA) is 32.3 Å². The second kappa shape index (κ2) is 5.56. The summed E-state index contributed by atoms with van der Waals surface area (Å²) in [4.78, 5) is 14.7. The van der Waals surface area contributed by atoms with Crippen molar-refractivity contribution >= 4 is 33.0 Å². The molecule has 0 saturated heterocycles. The highest BCUT2D eigenvalue weighted by molar-refractivity contribution is 7.17. The van der Waals surface area contributed by atoms with E-state index in [1.165, 1.54) is 10.1 Å². The first-order valence-corrected chi connectivity index (χ1v) is 8.41. The molecule has 4 rings (SSSR count). The molecule has 0 unspecified atom stereocenters. The van der Waals surface area contributed by atoms with Gasteiger partial charge in [0.05, 0.1) is 5.56 Å². The SMILES string of the molecule is C=CCN1C(=O)c2ccccc2N[C@@H]1c1csc2ccccc12. The Morgan fingerprint density at radius 2 is 1.96 bits per heavy atom. The van der Waals surface area contributed by atoms with Crippen molar-refractivity contribution in [1.82, 2.24) is 4.90 Å². The first kappa shape index (κ1) is 14.0. The largest absolute Gasteiger partial charge is 0.361 e. The molecule has 3 nitrogen and oxygen atoms in total. The van der Waals surface area contributed by atoms with Crippen molar-refractivity contribution in [2.24, 2.45) is 0 Å². The van der Waals surface area contributed by atoms with Gasteiger partial charge in [-0.3, -0.25) is 4.79 Å². The van der Waals surface area contributed by atoms with E-state index in [9.17, 15) is 4.79 Å². The van der Waals surface area contributed by atoms with Crippen LogP contribution in [0.1, 0.15) is 22.1 Å². The molecule has 1 atom stereocenters. The minimum atomic E-state index is -0.174. The Balaban J connectivity index is 1.86. The van der Waals surface area contributed by atoms with Crippen LogP contribution in [0.2, 0.25) is 0 Å². The molecule has 0 spiro atoms. The highest BCUT2D eigenvalue weighted by atomic mass is 32.1. The molecule has 1 aliphatic rings. The van der Waals surface area contributed by atoms with E-state index in [4.69, 9.17) is 0 Å². The lowest BCUT2D eigenvalue weighted by atomic mass is 10.0. The van der Waals surface area contributed by atoms with Gasteiger partial charge in [0.15, 0.2) is 0 Å². The monoisotopic (exact) mass is 320 g/mol. The maximum absolute atomic E-state index is 12.9. The van der Waals surface area contributed by atoms with Gasteiger partial charge in [-0.1, -0.05) is 36.4 Å². The Labute approximate surface area is 138 Å². The van der Waals surface area contributed by atoms with E-state index >= 15 is 0 Å². The molecule has 0 radical (unpaired) electrons. The van der Waals surface area contributed by atoms with Gasteiger partial charge in [0.1, 0.15) is 6.17 Å². The van der Waals surface area contributed by atoms with E-state index < -0.39 is 0 Å². The van der Waals surface area contributed by atoms with Gasteiger partial charge in [-0.15, -0.1) is 17.9 Å². The van der Waals surface area contributed by atoms with Gasteiger partial charge in [-0.25, -0.2) is 0 Å². The number of para-hydroxylation sites is 1. The van der Waals surface area contributed by atoms with Crippen LogP contribution < -0.4 is 5.32 Å². The highest BCUT2D eigenvalue weighted by Crippen LogP contribution is 2.38. The zero-order chi connectivity index (χ0) is 15.8. The molecule has 2 aromatic carbocycles. The Kier molecular flexibility index (Phi) is 3.39. The van der Waals surface area contributed by atoms with E-state index in [-0.39, 0.29) is 12.1 Å². The summed E-state index contributed by atoms with van der Waals surface area (Å²) in [6, 6.07) is 16.0. The van der Waals surface area contributed by atoms with Crippen LogP contribution in [0.5, 0.6) is 0 Å². The van der Waals surface area contributed by atoms with Crippen molar-refractivity contribution in [3.05, 3.63) is 77.7 Å². The number of rotatable bonds is 3. The summed E-state index contributed by atoms with van der Waals surface area (Å²) in [7, 11) is 0. The second-order valence-electron chi connectivity index (χ2n) is 5.53. The number of hydrogen-bond donors (Lipinski definition) is 1. The number of fused-ring (bicyclic) bond motifs is 2. The van der Waals surface area contributed by atoms with Crippen molar-refractivity contribution in [3.8, 4) is 0 Å². The summed E-state index contributed by atoms with van der Waals surface area (Å²) in [5.41, 5.74) is 2.73. The third-order valence-corrected chi connectivity index (χ3v) is 5.14. The predicted octanol–water partition coefficient (Wildman–Crippen LogP) is 4.65. The van der Waals surface area contributed by atoms with Gasteiger partial charge in [0, 0.05) is 22.5 Å². The minimum absolute atomic E-state index is 0.0412. The summed E-state index contributed by atoms with van der Waals surface area (Å²) in [6.07, 6.45) is 1.60. The molecule has 1 aromatic heterocycles. The Morgan fingerprint density at radius 1 is 1.17 bits per heavy atom. The molecule has 23 heavy (non-hydrogen) atoms. The lowest BCUT2D eigenvalue weighted by molar-refractivity contribution is 0.0709. The number of amides is 1. The number of carbonyl (C=O) groups excluding carboxylic acids is 1. The van der Waals surface area contributed by atoms with E-state index in [2.05, 4.69) is 29.4 Å². The zero-order valence-electron chi connectivity index (χ0n) is 12.5. The minimum Gasteiger partial charge on any atom is -0.361 e. The summed E-state index contributed by atoms with van der Waals surface area (Å²) in [6.45, 7) is 4.31. The normalized spacial score (nSPS) is 17.0. The van der Waals surface area contributed by atoms with Crippen LogP contribution in [0, 0.1) is 0 Å². The molecule has 3 aromatic rings. The number of carbonyl (C=O) groups is 1. The van der Waals surface area contributed by atoms with Gasteiger partial charge in [0.25, 0.3) is 5.91 Å². The van der Waals surface area contributed by atoms with Crippen LogP contribution in [0.25, 0.3) is 10.1 Å². The maximum Gasteiger partial charge on any atom is 0.258 e. The number of benzene rings is 2. The molecule has 0 bridgehead atoms. The van der Waals surface area contributed by atoms with Crippen LogP contribution in [0.15, 0.2) is 66.6 Å². The molecule has 114 valence electrons. The number of hydrogen-bond acceptors (Lipinski definition) is 3. The molecular weight excluding hydrogens is 304 g/mol. The third-order valence-electron chi connectivity index (χ3n) is 4.15. The number of nitrogens with one attached hydrogen (secondary N) is 1. The van der Waals surface area contributed by atoms with Crippen molar-refractivity contribution in [1.29, 1.82) is 0 Å². The molecule has 4 heteroatoms. The molecular formula is C19H16N2OS. The first-order chi connectivity index (χ1) is 11.3. The van der Waals surface area contributed by atoms with Crippen molar-refractivity contribution in [2.75, 3.05) is 11.9 Å². The van der Waals surface area contributed by atoms with E-state index in [1.807, 2.05) is 41.3 Å². The molecule has 1 aliphatic heterocycles. The summed E-state index contributed by atoms with van der Waals surface area (Å²) >= 11 is 1.71. The lowest BCUT2D eigenvalue weighted by Crippen LogP contribution is -2.42. The Morgan fingerprint density at radius 3 is 2.83 bits per heavy atom. The fraction of sp³-hybridized carbons (Fsp3) is 0.105. The fourth-order valence-electron chi connectivity index (χ4n) is 3.08. The predicted molar refractivity (Wildman–Crippen MR) is 95.9 cm³/mol. The average molecular weight is 320 g/mol. The highest BCUT2D eigenvalue weighted by Gasteiger charge is 2.33. The van der Waals surface area contributed by atoms with Crippen molar-refractivity contribution in [2.45, 2.75) is 6.17 Å². The summed E-state index contributed by atoms with van der Waals surface area (Å²) in [5.74, 6) is 0.0412. The number of thiophene rings is 1.